The third-order valence-corrected chi connectivity index (χ3v) is 8.23. The zero-order valence-electron chi connectivity index (χ0n) is 12.4. The molecule has 2 atom stereocenters. The third kappa shape index (κ3) is 3.52. The van der Waals surface area contributed by atoms with Crippen molar-refractivity contribution in [2.75, 3.05) is 12.8 Å². The van der Waals surface area contributed by atoms with E-state index in [-0.39, 0.29) is 0 Å². The minimum atomic E-state index is 0.407. The minimum Gasteiger partial charge on any atom is -0.308 e. The lowest BCUT2D eigenvalue weighted by Gasteiger charge is -2.34. The first-order valence-electron chi connectivity index (χ1n) is 7.16. The number of fused-ring (bicyclic) bond motifs is 1. The van der Waals surface area contributed by atoms with Crippen LogP contribution < -0.4 is 5.32 Å². The monoisotopic (exact) mass is 315 g/mol. The van der Waals surface area contributed by atoms with Gasteiger partial charge in [0.15, 0.2) is 0 Å². The Kier molecular flexibility index (Phi) is 5.70. The van der Waals surface area contributed by atoms with Crippen LogP contribution in [0.5, 0.6) is 0 Å². The van der Waals surface area contributed by atoms with Gasteiger partial charge in [0, 0.05) is 22.6 Å². The Balaban J connectivity index is 2.04. The number of thioether (sulfide) groups is 2. The van der Waals surface area contributed by atoms with Gasteiger partial charge in [-0.1, -0.05) is 20.8 Å². The van der Waals surface area contributed by atoms with Crippen molar-refractivity contribution in [3.63, 3.8) is 0 Å². The van der Waals surface area contributed by atoms with Crippen molar-refractivity contribution in [2.24, 2.45) is 0 Å². The van der Waals surface area contributed by atoms with E-state index in [2.05, 4.69) is 43.8 Å². The smallest absolute Gasteiger partial charge is 0.0649 e. The summed E-state index contributed by atoms with van der Waals surface area (Å²) in [5.74, 6) is 0. The highest BCUT2D eigenvalue weighted by Gasteiger charge is 2.30. The molecule has 1 aliphatic rings. The van der Waals surface area contributed by atoms with E-state index in [9.17, 15) is 0 Å². The fourth-order valence-corrected chi connectivity index (χ4v) is 6.08. The van der Waals surface area contributed by atoms with Gasteiger partial charge in [-0.2, -0.15) is 11.8 Å². The van der Waals surface area contributed by atoms with Crippen molar-refractivity contribution in [3.05, 3.63) is 17.0 Å². The molecule has 19 heavy (non-hydrogen) atoms. The van der Waals surface area contributed by atoms with Gasteiger partial charge in [-0.05, 0) is 42.5 Å². The van der Waals surface area contributed by atoms with Crippen molar-refractivity contribution >= 4 is 34.9 Å². The Labute approximate surface area is 130 Å². The lowest BCUT2D eigenvalue weighted by atomic mass is 9.99. The molecule has 0 aliphatic carbocycles. The molecule has 108 valence electrons. The predicted octanol–water partition coefficient (Wildman–Crippen LogP) is 5.18. The average molecular weight is 316 g/mol. The van der Waals surface area contributed by atoms with Crippen LogP contribution in [0.1, 0.15) is 51.6 Å². The van der Waals surface area contributed by atoms with Crippen LogP contribution in [0, 0.1) is 0 Å². The number of thiophene rings is 1. The topological polar surface area (TPSA) is 12.0 Å². The minimum absolute atomic E-state index is 0.407. The number of rotatable bonds is 6. The second-order valence-electron chi connectivity index (χ2n) is 5.36. The Morgan fingerprint density at radius 1 is 1.42 bits per heavy atom. The summed E-state index contributed by atoms with van der Waals surface area (Å²) < 4.78 is 1.93. The molecule has 0 aromatic carbocycles. The van der Waals surface area contributed by atoms with E-state index in [0.29, 0.717) is 10.8 Å². The molecule has 0 fully saturated rings. The number of hydrogen-bond donors (Lipinski definition) is 1. The van der Waals surface area contributed by atoms with Crippen LogP contribution in [0.2, 0.25) is 0 Å². The normalized spacial score (nSPS) is 23.4. The Hall–Kier alpha value is 0.360. The highest BCUT2D eigenvalue weighted by molar-refractivity contribution is 8.01. The van der Waals surface area contributed by atoms with Crippen molar-refractivity contribution in [1.82, 2.24) is 5.32 Å². The lowest BCUT2D eigenvalue weighted by Crippen LogP contribution is -2.39. The van der Waals surface area contributed by atoms with E-state index in [4.69, 9.17) is 0 Å². The molecule has 0 spiro atoms. The highest BCUT2D eigenvalue weighted by atomic mass is 32.2. The molecular formula is C15H25NS3. The van der Waals surface area contributed by atoms with Gasteiger partial charge in [0.2, 0.25) is 0 Å². The fraction of sp³-hybridized carbons (Fsp3) is 0.733. The molecule has 1 unspecified atom stereocenters. The maximum atomic E-state index is 3.86. The Bertz CT molecular complexity index is 390. The molecule has 0 saturated carbocycles. The Morgan fingerprint density at radius 3 is 2.79 bits per heavy atom. The molecule has 2 heterocycles. The van der Waals surface area contributed by atoms with Crippen LogP contribution in [0.4, 0.5) is 0 Å². The molecule has 1 aromatic rings. The van der Waals surface area contributed by atoms with Crippen molar-refractivity contribution in [3.8, 4) is 0 Å². The summed E-state index contributed by atoms with van der Waals surface area (Å²) in [4.78, 5) is 0. The van der Waals surface area contributed by atoms with Gasteiger partial charge in [-0.25, -0.2) is 0 Å². The summed E-state index contributed by atoms with van der Waals surface area (Å²) in [6.07, 6.45) is 5.99. The summed E-state index contributed by atoms with van der Waals surface area (Å²) >= 11 is 5.97. The molecule has 1 aromatic heterocycles. The summed E-state index contributed by atoms with van der Waals surface area (Å²) in [5, 5.41) is 6.83. The quantitative estimate of drug-likeness (QED) is 0.776. The predicted molar refractivity (Wildman–Crippen MR) is 91.8 cm³/mol. The maximum Gasteiger partial charge on any atom is 0.0649 e. The first-order valence-corrected chi connectivity index (χ1v) is 10.1. The molecule has 4 heteroatoms. The zero-order chi connectivity index (χ0) is 13.9. The van der Waals surface area contributed by atoms with Gasteiger partial charge < -0.3 is 5.32 Å². The third-order valence-electron chi connectivity index (χ3n) is 4.30. The molecule has 2 rings (SSSR count). The second kappa shape index (κ2) is 6.88. The Morgan fingerprint density at radius 2 is 2.16 bits per heavy atom. The van der Waals surface area contributed by atoms with E-state index in [1.165, 1.54) is 29.0 Å². The van der Waals surface area contributed by atoms with Crippen LogP contribution in [0.25, 0.3) is 0 Å². The first kappa shape index (κ1) is 15.7. The van der Waals surface area contributed by atoms with E-state index < -0.39 is 0 Å². The van der Waals surface area contributed by atoms with Crippen LogP contribution >= 0.6 is 34.9 Å². The lowest BCUT2D eigenvalue weighted by molar-refractivity contribution is 0.424. The molecule has 0 bridgehead atoms. The van der Waals surface area contributed by atoms with E-state index in [0.717, 1.165) is 11.8 Å². The molecule has 0 radical (unpaired) electrons. The first-order chi connectivity index (χ1) is 9.14. The van der Waals surface area contributed by atoms with Gasteiger partial charge in [-0.15, -0.1) is 23.1 Å². The molecule has 1 nitrogen and oxygen atoms in total. The van der Waals surface area contributed by atoms with Crippen molar-refractivity contribution < 1.29 is 0 Å². The highest BCUT2D eigenvalue weighted by Crippen LogP contribution is 2.44. The van der Waals surface area contributed by atoms with E-state index in [1.807, 2.05) is 34.9 Å². The van der Waals surface area contributed by atoms with Crippen molar-refractivity contribution in [2.45, 2.75) is 60.3 Å². The summed E-state index contributed by atoms with van der Waals surface area (Å²) in [7, 11) is 0. The van der Waals surface area contributed by atoms with Gasteiger partial charge in [0.1, 0.15) is 0 Å². The maximum absolute atomic E-state index is 3.86. The summed E-state index contributed by atoms with van der Waals surface area (Å²) in [6, 6.07) is 2.87. The van der Waals surface area contributed by atoms with Crippen molar-refractivity contribution in [1.29, 1.82) is 0 Å². The molecular weight excluding hydrogens is 290 g/mol. The molecule has 1 N–H and O–H groups in total. The van der Waals surface area contributed by atoms with Crippen LogP contribution in [0.3, 0.4) is 0 Å². The molecule has 0 saturated heterocycles. The van der Waals surface area contributed by atoms with Crippen LogP contribution in [-0.2, 0) is 0 Å². The van der Waals surface area contributed by atoms with Crippen LogP contribution in [0.15, 0.2) is 15.7 Å². The fourth-order valence-electron chi connectivity index (χ4n) is 2.71. The van der Waals surface area contributed by atoms with Gasteiger partial charge >= 0.3 is 0 Å². The largest absolute Gasteiger partial charge is 0.308 e. The standard InChI is InChI=1S/C15H25NS3/c1-5-15(6-2,17-4)10-16-13-9-11(3)19-14-12(13)7-8-18-14/h7-8,11,13,16H,5-6,9-10H2,1-4H3/t11-,13?/m0/s1. The molecule has 0 amide bonds. The summed E-state index contributed by atoms with van der Waals surface area (Å²) in [5.41, 5.74) is 1.54. The van der Waals surface area contributed by atoms with E-state index in [1.54, 1.807) is 0 Å². The second-order valence-corrected chi connectivity index (χ2v) is 9.25. The van der Waals surface area contributed by atoms with Gasteiger partial charge in [0.05, 0.1) is 4.21 Å². The number of nitrogens with one attached hydrogen (secondary N) is 1. The SMILES string of the molecule is CCC(CC)(CNC1C[C@H](C)Sc2sccc21)SC. The van der Waals surface area contributed by atoms with Gasteiger partial charge in [-0.3, -0.25) is 0 Å². The number of hydrogen-bond acceptors (Lipinski definition) is 4. The van der Waals surface area contributed by atoms with Gasteiger partial charge in [0.25, 0.3) is 0 Å². The van der Waals surface area contributed by atoms with E-state index >= 15 is 0 Å². The molecule has 1 aliphatic heterocycles. The zero-order valence-corrected chi connectivity index (χ0v) is 14.8. The van der Waals surface area contributed by atoms with Crippen LogP contribution in [-0.4, -0.2) is 22.8 Å². The summed E-state index contributed by atoms with van der Waals surface area (Å²) in [6.45, 7) is 8.11. The average Bonchev–Trinajstić information content (AvgIpc) is 2.88.